The highest BCUT2D eigenvalue weighted by Gasteiger charge is 2.42. The molecule has 0 aliphatic carbocycles. The zero-order valence-electron chi connectivity index (χ0n) is 17.5. The molecule has 1 saturated heterocycles. The molecule has 2 aliphatic rings. The number of hydrogen-bond acceptors (Lipinski definition) is 5. The summed E-state index contributed by atoms with van der Waals surface area (Å²) in [5, 5.41) is 13.1. The Balaban J connectivity index is 1.60. The van der Waals surface area contributed by atoms with E-state index in [9.17, 15) is 23.9 Å². The molecule has 4 rings (SSSR count). The molecule has 164 valence electrons. The molecule has 0 saturated carbocycles. The summed E-state index contributed by atoms with van der Waals surface area (Å²) in [4.78, 5) is 42.1. The Morgan fingerprint density at radius 1 is 1.23 bits per heavy atom. The minimum Gasteiger partial charge on any atom is -0.503 e. The summed E-state index contributed by atoms with van der Waals surface area (Å²) in [6.45, 7) is 6.74. The number of aromatic hydroxyl groups is 1. The van der Waals surface area contributed by atoms with Crippen LogP contribution in [0.1, 0.15) is 40.3 Å². The van der Waals surface area contributed by atoms with Crippen LogP contribution in [-0.2, 0) is 13.1 Å². The Morgan fingerprint density at radius 2 is 1.94 bits per heavy atom. The van der Waals surface area contributed by atoms with Gasteiger partial charge in [-0.1, -0.05) is 26.0 Å². The number of amides is 2. The summed E-state index contributed by atoms with van der Waals surface area (Å²) in [7, 11) is 0. The molecule has 0 spiro atoms. The Hall–Kier alpha value is -3.20. The van der Waals surface area contributed by atoms with Gasteiger partial charge in [0.25, 0.3) is 11.8 Å². The maximum Gasteiger partial charge on any atom is 0.275 e. The Morgan fingerprint density at radius 3 is 2.61 bits per heavy atom. The van der Waals surface area contributed by atoms with Crippen molar-refractivity contribution in [2.75, 3.05) is 19.6 Å². The van der Waals surface area contributed by atoms with Crippen molar-refractivity contribution >= 4 is 11.8 Å². The van der Waals surface area contributed by atoms with E-state index in [0.29, 0.717) is 24.6 Å². The predicted molar refractivity (Wildman–Crippen MR) is 111 cm³/mol. The van der Waals surface area contributed by atoms with Gasteiger partial charge in [0.2, 0.25) is 5.43 Å². The van der Waals surface area contributed by atoms with Gasteiger partial charge in [0.1, 0.15) is 17.5 Å². The molecule has 9 heteroatoms. The number of aromatic nitrogens is 1. The van der Waals surface area contributed by atoms with E-state index in [1.807, 2.05) is 0 Å². The monoisotopic (exact) mass is 428 g/mol. The number of hydrogen-bond donors (Lipinski definition) is 2. The van der Waals surface area contributed by atoms with Crippen LogP contribution in [0.5, 0.6) is 5.75 Å². The quantitative estimate of drug-likeness (QED) is 0.750. The Kier molecular flexibility index (Phi) is 5.53. The lowest BCUT2D eigenvalue weighted by Gasteiger charge is -2.36. The number of carbonyl (C=O) groups excluding carboxylic acids is 2. The lowest BCUT2D eigenvalue weighted by Crippen LogP contribution is -2.51. The topological polar surface area (TPSA) is 94.9 Å². The lowest BCUT2D eigenvalue weighted by atomic mass is 10.1. The smallest absolute Gasteiger partial charge is 0.275 e. The zero-order valence-corrected chi connectivity index (χ0v) is 17.5. The van der Waals surface area contributed by atoms with Gasteiger partial charge in [-0.3, -0.25) is 19.3 Å². The van der Waals surface area contributed by atoms with Gasteiger partial charge in [-0.05, 0) is 23.6 Å². The first-order chi connectivity index (χ1) is 14.8. The van der Waals surface area contributed by atoms with E-state index in [2.05, 4.69) is 24.1 Å². The number of halogens is 1. The Labute approximate surface area is 178 Å². The van der Waals surface area contributed by atoms with Crippen LogP contribution >= 0.6 is 0 Å². The van der Waals surface area contributed by atoms with Gasteiger partial charge in [-0.2, -0.15) is 0 Å². The highest BCUT2D eigenvalue weighted by atomic mass is 19.1. The fraction of sp³-hybridized carbons (Fsp3) is 0.409. The van der Waals surface area contributed by atoms with E-state index in [0.717, 1.165) is 13.1 Å². The molecule has 8 nitrogen and oxygen atoms in total. The minimum atomic E-state index is -0.882. The van der Waals surface area contributed by atoms with Gasteiger partial charge >= 0.3 is 0 Å². The predicted octanol–water partition coefficient (Wildman–Crippen LogP) is 1.38. The van der Waals surface area contributed by atoms with Gasteiger partial charge in [-0.15, -0.1) is 0 Å². The van der Waals surface area contributed by atoms with Crippen molar-refractivity contribution < 1.29 is 19.1 Å². The number of benzene rings is 1. The molecule has 1 unspecified atom stereocenters. The molecule has 1 aromatic heterocycles. The zero-order chi connectivity index (χ0) is 22.3. The molecule has 1 aromatic carbocycles. The van der Waals surface area contributed by atoms with Gasteiger partial charge in [0.05, 0.1) is 6.54 Å². The minimum absolute atomic E-state index is 0.0808. The molecular formula is C22H25FN4O4. The molecule has 31 heavy (non-hydrogen) atoms. The van der Waals surface area contributed by atoms with Gasteiger partial charge < -0.3 is 19.9 Å². The number of carbonyl (C=O) groups is 2. The largest absolute Gasteiger partial charge is 0.503 e. The standard InChI is InChI=1S/C22H25FN4O4/c1-13(2)10-25-7-8-27-17(25)12-26-11-16(19(28)20(29)18(26)22(27)31)21(30)24-9-14-3-5-15(23)6-4-14/h3-6,11,13,17,29H,7-10,12H2,1-2H3,(H,24,30). The van der Waals surface area contributed by atoms with Crippen LogP contribution in [0, 0.1) is 11.7 Å². The molecule has 2 amide bonds. The molecule has 2 aromatic rings. The van der Waals surface area contributed by atoms with Crippen molar-refractivity contribution in [3.8, 4) is 5.75 Å². The van der Waals surface area contributed by atoms with Crippen LogP contribution in [-0.4, -0.2) is 57.1 Å². The maximum atomic E-state index is 13.0. The van der Waals surface area contributed by atoms with E-state index in [1.54, 1.807) is 4.90 Å². The molecule has 2 N–H and O–H groups in total. The van der Waals surface area contributed by atoms with Gasteiger partial charge in [0.15, 0.2) is 11.4 Å². The average molecular weight is 428 g/mol. The van der Waals surface area contributed by atoms with Crippen molar-refractivity contribution in [1.29, 1.82) is 0 Å². The fourth-order valence-corrected chi connectivity index (χ4v) is 4.24. The van der Waals surface area contributed by atoms with Crippen LogP contribution in [0.4, 0.5) is 4.39 Å². The number of nitrogens with one attached hydrogen (secondary N) is 1. The highest BCUT2D eigenvalue weighted by molar-refractivity contribution is 5.99. The van der Waals surface area contributed by atoms with Gasteiger partial charge in [0, 0.05) is 32.4 Å². The average Bonchev–Trinajstić information content (AvgIpc) is 3.12. The second kappa shape index (κ2) is 8.14. The van der Waals surface area contributed by atoms with Crippen molar-refractivity contribution in [1.82, 2.24) is 19.7 Å². The number of fused-ring (bicyclic) bond motifs is 2. The van der Waals surface area contributed by atoms with Crippen LogP contribution in [0.25, 0.3) is 0 Å². The van der Waals surface area contributed by atoms with Crippen LogP contribution in [0.2, 0.25) is 0 Å². The number of nitrogens with zero attached hydrogens (tertiary/aromatic N) is 3. The van der Waals surface area contributed by atoms with Gasteiger partial charge in [-0.25, -0.2) is 4.39 Å². The molecule has 1 atom stereocenters. The molecule has 2 aliphatic heterocycles. The molecule has 3 heterocycles. The summed E-state index contributed by atoms with van der Waals surface area (Å²) >= 11 is 0. The number of pyridine rings is 1. The summed E-state index contributed by atoms with van der Waals surface area (Å²) in [5.41, 5.74) is -0.535. The summed E-state index contributed by atoms with van der Waals surface area (Å²) < 4.78 is 14.5. The van der Waals surface area contributed by atoms with E-state index in [1.165, 1.54) is 35.0 Å². The highest BCUT2D eigenvalue weighted by Crippen LogP contribution is 2.28. The molecule has 1 fully saturated rings. The van der Waals surface area contributed by atoms with Crippen molar-refractivity contribution in [2.24, 2.45) is 5.92 Å². The molecular weight excluding hydrogens is 403 g/mol. The Bertz CT molecular complexity index is 1080. The van der Waals surface area contributed by atoms with Crippen LogP contribution < -0.4 is 10.7 Å². The SMILES string of the molecule is CC(C)CN1CCN2C(=O)c3c(O)c(=O)c(C(=O)NCc4ccc(F)cc4)cn3CC12. The molecule has 0 radical (unpaired) electrons. The van der Waals surface area contributed by atoms with Crippen molar-refractivity contribution in [2.45, 2.75) is 33.1 Å². The second-order valence-electron chi connectivity index (χ2n) is 8.40. The first-order valence-corrected chi connectivity index (χ1v) is 10.3. The van der Waals surface area contributed by atoms with E-state index < -0.39 is 23.0 Å². The lowest BCUT2D eigenvalue weighted by molar-refractivity contribution is 0.0487. The summed E-state index contributed by atoms with van der Waals surface area (Å²) in [5.74, 6) is -1.74. The number of rotatable bonds is 5. The van der Waals surface area contributed by atoms with E-state index in [4.69, 9.17) is 0 Å². The first kappa shape index (κ1) is 21.0. The van der Waals surface area contributed by atoms with Crippen molar-refractivity contribution in [3.63, 3.8) is 0 Å². The first-order valence-electron chi connectivity index (χ1n) is 10.3. The van der Waals surface area contributed by atoms with E-state index >= 15 is 0 Å². The van der Waals surface area contributed by atoms with Crippen LogP contribution in [0.15, 0.2) is 35.3 Å². The van der Waals surface area contributed by atoms with Crippen molar-refractivity contribution in [3.05, 3.63) is 63.3 Å². The second-order valence-corrected chi connectivity index (χ2v) is 8.40. The maximum absolute atomic E-state index is 13.0. The normalized spacial score (nSPS) is 18.3. The summed E-state index contributed by atoms with van der Waals surface area (Å²) in [6.07, 6.45) is 1.16. The third-order valence-electron chi connectivity index (χ3n) is 5.70. The third-order valence-corrected chi connectivity index (χ3v) is 5.70. The third kappa shape index (κ3) is 3.93. The van der Waals surface area contributed by atoms with E-state index in [-0.39, 0.29) is 29.8 Å². The van der Waals surface area contributed by atoms with Crippen LogP contribution in [0.3, 0.4) is 0 Å². The molecule has 0 bridgehead atoms. The fourth-order valence-electron chi connectivity index (χ4n) is 4.24. The summed E-state index contributed by atoms with van der Waals surface area (Å²) in [6, 6.07) is 5.62.